The Morgan fingerprint density at radius 3 is 2.00 bits per heavy atom. The Morgan fingerprint density at radius 2 is 1.60 bits per heavy atom. The highest BCUT2D eigenvalue weighted by atomic mass is 14.9. The van der Waals surface area contributed by atoms with Crippen molar-refractivity contribution < 1.29 is 0 Å². The molecule has 15 heavy (non-hydrogen) atoms. The van der Waals surface area contributed by atoms with E-state index in [1.165, 1.54) is 38.5 Å². The predicted octanol–water partition coefficient (Wildman–Crippen LogP) is 2.02. The topological polar surface area (TPSA) is 52.0 Å². The van der Waals surface area contributed by atoms with E-state index in [4.69, 9.17) is 11.5 Å². The molecule has 0 saturated heterocycles. The maximum Gasteiger partial charge on any atom is 0.0165 e. The molecule has 0 aromatic heterocycles. The Bertz CT molecular complexity index is 275. The minimum atomic E-state index is -0.0462. The summed E-state index contributed by atoms with van der Waals surface area (Å²) in [6.45, 7) is 4.42. The second kappa shape index (κ2) is 2.60. The van der Waals surface area contributed by atoms with Crippen molar-refractivity contribution in [3.8, 4) is 0 Å². The number of hydrogen-bond acceptors (Lipinski definition) is 2. The maximum absolute atomic E-state index is 6.55. The second-order valence-electron chi connectivity index (χ2n) is 7.33. The van der Waals surface area contributed by atoms with Gasteiger partial charge in [0.25, 0.3) is 0 Å². The standard InChI is InChI=1S/C13H24N2/c1-11(2,14)12-4-9-3-10(5-12)7-13(15,6-9)8-12/h9-10H,3-8,14-15H2,1-2H3. The molecular weight excluding hydrogens is 184 g/mol. The van der Waals surface area contributed by atoms with Crippen molar-refractivity contribution in [2.45, 2.75) is 63.5 Å². The van der Waals surface area contributed by atoms with Crippen LogP contribution in [0.3, 0.4) is 0 Å². The highest BCUT2D eigenvalue weighted by Crippen LogP contribution is 2.63. The lowest BCUT2D eigenvalue weighted by atomic mass is 9.43. The number of nitrogens with two attached hydrogens (primary N) is 2. The van der Waals surface area contributed by atoms with Crippen LogP contribution in [-0.2, 0) is 0 Å². The summed E-state index contributed by atoms with van der Waals surface area (Å²) in [6, 6.07) is 0. The van der Waals surface area contributed by atoms with Gasteiger partial charge in [0.2, 0.25) is 0 Å². The van der Waals surface area contributed by atoms with Gasteiger partial charge in [-0.3, -0.25) is 0 Å². The van der Waals surface area contributed by atoms with E-state index in [9.17, 15) is 0 Å². The fourth-order valence-electron chi connectivity index (χ4n) is 5.09. The van der Waals surface area contributed by atoms with E-state index in [0.717, 1.165) is 11.8 Å². The maximum atomic E-state index is 6.55. The molecule has 4 aliphatic rings. The quantitative estimate of drug-likeness (QED) is 0.692. The van der Waals surface area contributed by atoms with Crippen molar-refractivity contribution in [3.63, 3.8) is 0 Å². The zero-order valence-electron chi connectivity index (χ0n) is 10.1. The van der Waals surface area contributed by atoms with Crippen LogP contribution in [0.5, 0.6) is 0 Å². The smallest absolute Gasteiger partial charge is 0.0165 e. The largest absolute Gasteiger partial charge is 0.325 e. The zero-order valence-corrected chi connectivity index (χ0v) is 10.1. The van der Waals surface area contributed by atoms with E-state index < -0.39 is 0 Å². The normalized spacial score (nSPS) is 53.6. The van der Waals surface area contributed by atoms with E-state index in [-0.39, 0.29) is 11.1 Å². The van der Waals surface area contributed by atoms with Crippen molar-refractivity contribution in [2.75, 3.05) is 0 Å². The number of rotatable bonds is 1. The van der Waals surface area contributed by atoms with Gasteiger partial charge in [0.15, 0.2) is 0 Å². The number of hydrogen-bond donors (Lipinski definition) is 2. The molecule has 4 rings (SSSR count). The van der Waals surface area contributed by atoms with Crippen molar-refractivity contribution in [1.82, 2.24) is 0 Å². The predicted molar refractivity (Wildman–Crippen MR) is 62.3 cm³/mol. The lowest BCUT2D eigenvalue weighted by Gasteiger charge is -2.65. The minimum Gasteiger partial charge on any atom is -0.325 e. The van der Waals surface area contributed by atoms with Crippen LogP contribution in [0.25, 0.3) is 0 Å². The molecule has 0 spiro atoms. The molecule has 4 fully saturated rings. The van der Waals surface area contributed by atoms with Crippen molar-refractivity contribution in [3.05, 3.63) is 0 Å². The molecule has 4 bridgehead atoms. The van der Waals surface area contributed by atoms with Crippen molar-refractivity contribution >= 4 is 0 Å². The van der Waals surface area contributed by atoms with Crippen molar-refractivity contribution in [2.24, 2.45) is 28.7 Å². The molecule has 4 saturated carbocycles. The van der Waals surface area contributed by atoms with Crippen LogP contribution in [0.2, 0.25) is 0 Å². The van der Waals surface area contributed by atoms with E-state index in [1.807, 2.05) is 0 Å². The molecule has 86 valence electrons. The van der Waals surface area contributed by atoms with E-state index in [0.29, 0.717) is 5.41 Å². The van der Waals surface area contributed by atoms with Gasteiger partial charge in [-0.25, -0.2) is 0 Å². The summed E-state index contributed by atoms with van der Waals surface area (Å²) >= 11 is 0. The third-order valence-electron chi connectivity index (χ3n) is 5.47. The third kappa shape index (κ3) is 1.31. The highest BCUT2D eigenvalue weighted by Gasteiger charge is 2.60. The monoisotopic (exact) mass is 208 g/mol. The van der Waals surface area contributed by atoms with Crippen LogP contribution in [0, 0.1) is 17.3 Å². The lowest BCUT2D eigenvalue weighted by molar-refractivity contribution is -0.100. The van der Waals surface area contributed by atoms with Gasteiger partial charge in [-0.15, -0.1) is 0 Å². The Kier molecular flexibility index (Phi) is 1.75. The van der Waals surface area contributed by atoms with Crippen LogP contribution in [0.15, 0.2) is 0 Å². The first kappa shape index (κ1) is 10.1. The SMILES string of the molecule is CC(C)(N)C12CC3CC(CC(N)(C3)C1)C2. The van der Waals surface area contributed by atoms with Crippen LogP contribution in [-0.4, -0.2) is 11.1 Å². The van der Waals surface area contributed by atoms with Crippen molar-refractivity contribution in [1.29, 1.82) is 0 Å². The summed E-state index contributed by atoms with van der Waals surface area (Å²) in [5, 5.41) is 0. The molecule has 2 heteroatoms. The van der Waals surface area contributed by atoms with Gasteiger partial charge >= 0.3 is 0 Å². The van der Waals surface area contributed by atoms with E-state index in [1.54, 1.807) is 0 Å². The summed E-state index contributed by atoms with van der Waals surface area (Å²) in [6.07, 6.45) is 7.81. The molecule has 0 aromatic carbocycles. The molecular formula is C13H24N2. The van der Waals surface area contributed by atoms with Crippen LogP contribution in [0.1, 0.15) is 52.4 Å². The average Bonchev–Trinajstić information content (AvgIpc) is 1.95. The van der Waals surface area contributed by atoms with Gasteiger partial charge in [-0.05, 0) is 69.6 Å². The van der Waals surface area contributed by atoms with E-state index >= 15 is 0 Å². The molecule has 0 aromatic rings. The lowest BCUT2D eigenvalue weighted by Crippen LogP contribution is -2.67. The van der Waals surface area contributed by atoms with Gasteiger partial charge in [0.1, 0.15) is 0 Å². The molecule has 2 unspecified atom stereocenters. The summed E-state index contributed by atoms with van der Waals surface area (Å²) in [5.74, 6) is 1.75. The Labute approximate surface area is 92.8 Å². The minimum absolute atomic E-state index is 0.0462. The molecule has 0 amide bonds. The van der Waals surface area contributed by atoms with Gasteiger partial charge in [0.05, 0.1) is 0 Å². The van der Waals surface area contributed by atoms with Gasteiger partial charge in [0, 0.05) is 11.1 Å². The summed E-state index contributed by atoms with van der Waals surface area (Å²) in [7, 11) is 0. The Hall–Kier alpha value is -0.0800. The fourth-order valence-corrected chi connectivity index (χ4v) is 5.09. The van der Waals surface area contributed by atoms with E-state index in [2.05, 4.69) is 13.8 Å². The molecule has 4 aliphatic carbocycles. The first-order chi connectivity index (χ1) is 6.82. The fraction of sp³-hybridized carbons (Fsp3) is 1.00. The first-order valence-corrected chi connectivity index (χ1v) is 6.40. The third-order valence-corrected chi connectivity index (χ3v) is 5.47. The Morgan fingerprint density at radius 1 is 1.07 bits per heavy atom. The van der Waals surface area contributed by atoms with Crippen LogP contribution < -0.4 is 11.5 Å². The van der Waals surface area contributed by atoms with Gasteiger partial charge in [-0.2, -0.15) is 0 Å². The van der Waals surface area contributed by atoms with Crippen LogP contribution >= 0.6 is 0 Å². The van der Waals surface area contributed by atoms with Gasteiger partial charge < -0.3 is 11.5 Å². The summed E-state index contributed by atoms with van der Waals surface area (Å²) in [4.78, 5) is 0. The van der Waals surface area contributed by atoms with Gasteiger partial charge in [-0.1, -0.05) is 0 Å². The molecule has 2 nitrogen and oxygen atoms in total. The van der Waals surface area contributed by atoms with Crippen LogP contribution in [0.4, 0.5) is 0 Å². The zero-order chi connectivity index (χ0) is 10.9. The highest BCUT2D eigenvalue weighted by molar-refractivity contribution is 5.15. The molecule has 4 N–H and O–H groups in total. The molecule has 0 aliphatic heterocycles. The first-order valence-electron chi connectivity index (χ1n) is 6.40. The Balaban J connectivity index is 2.00. The molecule has 2 atom stereocenters. The summed E-state index contributed by atoms with van der Waals surface area (Å²) < 4.78 is 0. The second-order valence-corrected chi connectivity index (χ2v) is 7.33. The molecule has 0 heterocycles. The summed E-state index contributed by atoms with van der Waals surface area (Å²) in [5.41, 5.74) is 13.4. The average molecular weight is 208 g/mol. The molecule has 0 radical (unpaired) electrons.